The maximum absolute atomic E-state index is 12.5. The van der Waals surface area contributed by atoms with Crippen LogP contribution in [-0.2, 0) is 11.8 Å². The van der Waals surface area contributed by atoms with E-state index < -0.39 is 11.7 Å². The number of carbonyl (C=O) groups excluding carboxylic acids is 2. The van der Waals surface area contributed by atoms with Crippen LogP contribution in [-0.4, -0.2) is 33.0 Å². The molecule has 7 heteroatoms. The van der Waals surface area contributed by atoms with Crippen LogP contribution in [0.1, 0.15) is 38.3 Å². The van der Waals surface area contributed by atoms with E-state index in [9.17, 15) is 9.59 Å². The zero-order valence-electron chi connectivity index (χ0n) is 14.5. The van der Waals surface area contributed by atoms with Gasteiger partial charge in [0.25, 0.3) is 11.7 Å². The van der Waals surface area contributed by atoms with Gasteiger partial charge in [0.2, 0.25) is 0 Å². The lowest BCUT2D eigenvalue weighted by atomic mass is 10.1. The number of anilines is 1. The van der Waals surface area contributed by atoms with E-state index in [4.69, 9.17) is 0 Å². The maximum Gasteiger partial charge on any atom is 0.296 e. The minimum absolute atomic E-state index is 0.384. The molecule has 0 aliphatic carbocycles. The summed E-state index contributed by atoms with van der Waals surface area (Å²) < 4.78 is 2.01. The van der Waals surface area contributed by atoms with Gasteiger partial charge >= 0.3 is 0 Å². The van der Waals surface area contributed by atoms with Crippen molar-refractivity contribution in [2.45, 2.75) is 24.9 Å². The molecule has 1 saturated heterocycles. The van der Waals surface area contributed by atoms with Crippen LogP contribution >= 0.6 is 23.5 Å². The Labute approximate surface area is 155 Å². The van der Waals surface area contributed by atoms with Gasteiger partial charge in [0.15, 0.2) is 0 Å². The van der Waals surface area contributed by atoms with Gasteiger partial charge in [-0.1, -0.05) is 12.1 Å². The van der Waals surface area contributed by atoms with Crippen molar-refractivity contribution in [3.63, 3.8) is 0 Å². The number of rotatable bonds is 4. The number of thioether (sulfide) groups is 2. The van der Waals surface area contributed by atoms with Gasteiger partial charge in [0.05, 0.1) is 15.8 Å². The largest absolute Gasteiger partial charge is 0.319 e. The summed E-state index contributed by atoms with van der Waals surface area (Å²) in [4.78, 5) is 24.9. The van der Waals surface area contributed by atoms with E-state index in [2.05, 4.69) is 16.5 Å². The van der Waals surface area contributed by atoms with Crippen molar-refractivity contribution in [1.82, 2.24) is 9.78 Å². The number of aryl methyl sites for hydroxylation is 2. The Kier molecular flexibility index (Phi) is 5.54. The first-order chi connectivity index (χ1) is 12.0. The van der Waals surface area contributed by atoms with Gasteiger partial charge in [-0.25, -0.2) is 0 Å². The summed E-state index contributed by atoms with van der Waals surface area (Å²) in [5.74, 6) is 1.15. The van der Waals surface area contributed by atoms with Gasteiger partial charge in [-0.3, -0.25) is 14.3 Å². The third-order valence-electron chi connectivity index (χ3n) is 4.19. The third-order valence-corrected chi connectivity index (χ3v) is 7.20. The Hall–Kier alpha value is -1.73. The fraction of sp³-hybridized carbons (Fsp3) is 0.389. The molecular weight excluding hydrogens is 354 g/mol. The van der Waals surface area contributed by atoms with Crippen molar-refractivity contribution < 1.29 is 9.59 Å². The number of aromatic nitrogens is 2. The molecule has 2 aromatic rings. The number of hydrogen-bond acceptors (Lipinski definition) is 5. The van der Waals surface area contributed by atoms with Gasteiger partial charge in [-0.2, -0.15) is 5.10 Å². The second-order valence-corrected chi connectivity index (χ2v) is 8.73. The van der Waals surface area contributed by atoms with Crippen LogP contribution in [0.4, 0.5) is 5.69 Å². The third kappa shape index (κ3) is 3.93. The summed E-state index contributed by atoms with van der Waals surface area (Å²) in [6.07, 6.45) is 1.24. The number of ketones is 1. The summed E-state index contributed by atoms with van der Waals surface area (Å²) in [5, 5.41) is 6.95. The van der Waals surface area contributed by atoms with Crippen molar-refractivity contribution in [2.24, 2.45) is 7.05 Å². The molecule has 0 unspecified atom stereocenters. The highest BCUT2D eigenvalue weighted by Crippen LogP contribution is 2.44. The second kappa shape index (κ2) is 7.66. The van der Waals surface area contributed by atoms with Crippen LogP contribution in [0.2, 0.25) is 0 Å². The predicted octanol–water partition coefficient (Wildman–Crippen LogP) is 3.73. The lowest BCUT2D eigenvalue weighted by Crippen LogP contribution is -2.24. The lowest BCUT2D eigenvalue weighted by Gasteiger charge is -2.21. The molecule has 1 aliphatic heterocycles. The van der Waals surface area contributed by atoms with Gasteiger partial charge in [-0.15, -0.1) is 23.5 Å². The summed E-state index contributed by atoms with van der Waals surface area (Å²) >= 11 is 3.85. The SMILES string of the molecule is Cc1nn(C)c(C)c1C(=O)C(=O)Nc1cccc(C2SCCCS2)c1. The molecule has 1 aliphatic rings. The van der Waals surface area contributed by atoms with Crippen molar-refractivity contribution in [3.8, 4) is 0 Å². The zero-order valence-corrected chi connectivity index (χ0v) is 16.2. The molecule has 1 N–H and O–H groups in total. The van der Waals surface area contributed by atoms with Crippen molar-refractivity contribution in [2.75, 3.05) is 16.8 Å². The Bertz CT molecular complexity index is 811. The summed E-state index contributed by atoms with van der Waals surface area (Å²) in [6, 6.07) is 7.77. The van der Waals surface area contributed by atoms with Gasteiger partial charge in [0.1, 0.15) is 0 Å². The minimum Gasteiger partial charge on any atom is -0.319 e. The Morgan fingerprint density at radius 2 is 1.96 bits per heavy atom. The molecule has 0 saturated carbocycles. The highest BCUT2D eigenvalue weighted by atomic mass is 32.2. The Morgan fingerprint density at radius 3 is 2.60 bits per heavy atom. The number of amides is 1. The number of benzene rings is 1. The molecule has 3 rings (SSSR count). The molecule has 2 heterocycles. The average molecular weight is 376 g/mol. The molecule has 1 aromatic heterocycles. The maximum atomic E-state index is 12.5. The van der Waals surface area contributed by atoms with Gasteiger partial charge in [-0.05, 0) is 49.5 Å². The van der Waals surface area contributed by atoms with E-state index in [-0.39, 0.29) is 0 Å². The molecule has 1 aromatic carbocycles. The van der Waals surface area contributed by atoms with Gasteiger partial charge in [0, 0.05) is 18.4 Å². The molecule has 0 radical (unpaired) electrons. The van der Waals surface area contributed by atoms with Crippen LogP contribution in [0.15, 0.2) is 24.3 Å². The predicted molar refractivity (Wildman–Crippen MR) is 104 cm³/mol. The summed E-state index contributed by atoms with van der Waals surface area (Å²) in [7, 11) is 1.76. The van der Waals surface area contributed by atoms with Crippen LogP contribution in [0, 0.1) is 13.8 Å². The number of hydrogen-bond donors (Lipinski definition) is 1. The molecule has 0 atom stereocenters. The monoisotopic (exact) mass is 375 g/mol. The van der Waals surface area contributed by atoms with Crippen LogP contribution < -0.4 is 5.32 Å². The van der Waals surface area contributed by atoms with Crippen molar-refractivity contribution in [3.05, 3.63) is 46.8 Å². The Balaban J connectivity index is 1.75. The fourth-order valence-electron chi connectivity index (χ4n) is 2.85. The highest BCUT2D eigenvalue weighted by Gasteiger charge is 2.24. The fourth-order valence-corrected chi connectivity index (χ4v) is 5.72. The van der Waals surface area contributed by atoms with E-state index in [0.717, 1.165) is 11.5 Å². The second-order valence-electron chi connectivity index (χ2n) is 6.01. The summed E-state index contributed by atoms with van der Waals surface area (Å²) in [5.41, 5.74) is 3.48. The Morgan fingerprint density at radius 1 is 1.24 bits per heavy atom. The van der Waals surface area contributed by atoms with Crippen LogP contribution in [0.25, 0.3) is 0 Å². The van der Waals surface area contributed by atoms with E-state index >= 15 is 0 Å². The first-order valence-electron chi connectivity index (χ1n) is 8.16. The molecule has 0 spiro atoms. The molecule has 132 valence electrons. The zero-order chi connectivity index (χ0) is 18.0. The van der Waals surface area contributed by atoms with E-state index in [1.807, 2.05) is 41.7 Å². The normalized spacial score (nSPS) is 15.2. The topological polar surface area (TPSA) is 64.0 Å². The van der Waals surface area contributed by atoms with E-state index in [1.54, 1.807) is 25.6 Å². The smallest absolute Gasteiger partial charge is 0.296 e. The molecule has 5 nitrogen and oxygen atoms in total. The molecule has 25 heavy (non-hydrogen) atoms. The molecule has 0 bridgehead atoms. The van der Waals surface area contributed by atoms with E-state index in [0.29, 0.717) is 27.2 Å². The molecule has 1 amide bonds. The number of nitrogens with one attached hydrogen (secondary N) is 1. The van der Waals surface area contributed by atoms with Gasteiger partial charge < -0.3 is 5.32 Å². The first-order valence-corrected chi connectivity index (χ1v) is 10.3. The molecular formula is C18H21N3O2S2. The minimum atomic E-state index is -0.625. The quantitative estimate of drug-likeness (QED) is 0.652. The van der Waals surface area contributed by atoms with Crippen molar-refractivity contribution in [1.29, 1.82) is 0 Å². The average Bonchev–Trinajstić information content (AvgIpc) is 2.87. The highest BCUT2D eigenvalue weighted by molar-refractivity contribution is 8.16. The lowest BCUT2D eigenvalue weighted by molar-refractivity contribution is -0.112. The van der Waals surface area contributed by atoms with Crippen molar-refractivity contribution >= 4 is 40.9 Å². The van der Waals surface area contributed by atoms with E-state index in [1.165, 1.54) is 12.0 Å². The standard InChI is InChI=1S/C18H21N3O2S2/c1-11-15(12(2)21(3)20-11)16(22)17(23)19-14-7-4-6-13(10-14)18-24-8-5-9-25-18/h4,6-7,10,18H,5,8-9H2,1-3H3,(H,19,23). The van der Waals surface area contributed by atoms with Crippen LogP contribution in [0.3, 0.4) is 0 Å². The molecule has 1 fully saturated rings. The number of nitrogens with zero attached hydrogens (tertiary/aromatic N) is 2. The number of carbonyl (C=O) groups is 2. The summed E-state index contributed by atoms with van der Waals surface area (Å²) in [6.45, 7) is 3.53. The van der Waals surface area contributed by atoms with Crippen LogP contribution in [0.5, 0.6) is 0 Å². The number of Topliss-reactive ketones (excluding diaryl/α,β-unsaturated/α-hetero) is 1. The first kappa shape index (κ1) is 18.1.